The van der Waals surface area contributed by atoms with Gasteiger partial charge in [0.2, 0.25) is 17.7 Å². The van der Waals surface area contributed by atoms with Crippen LogP contribution < -0.4 is 10.6 Å². The third-order valence-electron chi connectivity index (χ3n) is 9.04. The zero-order chi connectivity index (χ0) is 28.1. The number of hydrogen-bond acceptors (Lipinski definition) is 5. The lowest BCUT2D eigenvalue weighted by Crippen LogP contribution is -2.57. The number of aliphatic hydroxyl groups excluding tert-OH is 1. The van der Waals surface area contributed by atoms with Crippen molar-refractivity contribution in [1.82, 2.24) is 10.2 Å². The molecule has 0 aliphatic carbocycles. The number of nitrogens with zero attached hydrogens (tertiary/aromatic N) is 1. The molecule has 5 rings (SSSR count). The molecule has 0 saturated carbocycles. The summed E-state index contributed by atoms with van der Waals surface area (Å²) in [6, 6.07) is 14.8. The van der Waals surface area contributed by atoms with Crippen LogP contribution >= 0.6 is 11.6 Å². The fraction of sp³-hybridized carbons (Fsp3) is 0.500. The highest BCUT2D eigenvalue weighted by molar-refractivity contribution is 6.33. The van der Waals surface area contributed by atoms with Gasteiger partial charge in [-0.3, -0.25) is 14.4 Å². The zero-order valence-electron chi connectivity index (χ0n) is 22.7. The van der Waals surface area contributed by atoms with E-state index in [-0.39, 0.29) is 30.3 Å². The largest absolute Gasteiger partial charge is 0.394 e. The number of carbonyl (C=O) groups excluding carboxylic acids is 3. The first kappa shape index (κ1) is 27.6. The first-order valence-corrected chi connectivity index (χ1v) is 13.9. The highest BCUT2D eigenvalue weighted by Gasteiger charge is 2.80. The standard InChI is InChI=1S/C30H36ClN3O5/c1-17(2)22(16-35)34-25(27(37)33-21-13-9-8-12-20(21)31)30-14-18(3)29(4,39-30)23(24(30)28(34)38)26(36)32-15-19-10-6-5-7-11-19/h5-13,17-18,22-25,35H,14-16H2,1-4H3,(H,32,36)(H,33,37)/t18?,22-,23-,24-,25?,29+,30?/m0/s1. The summed E-state index contributed by atoms with van der Waals surface area (Å²) in [6.07, 6.45) is 0.440. The van der Waals surface area contributed by atoms with Crippen LogP contribution in [0.4, 0.5) is 5.69 Å². The molecule has 2 bridgehead atoms. The van der Waals surface area contributed by atoms with Gasteiger partial charge in [0.1, 0.15) is 11.6 Å². The first-order chi connectivity index (χ1) is 18.5. The maximum Gasteiger partial charge on any atom is 0.250 e. The maximum absolute atomic E-state index is 14.3. The van der Waals surface area contributed by atoms with Crippen molar-refractivity contribution in [2.24, 2.45) is 23.7 Å². The van der Waals surface area contributed by atoms with Gasteiger partial charge in [-0.1, -0.05) is 74.8 Å². The van der Waals surface area contributed by atoms with Gasteiger partial charge in [-0.2, -0.15) is 0 Å². The second-order valence-corrected chi connectivity index (χ2v) is 12.0. The Morgan fingerprint density at radius 1 is 1.13 bits per heavy atom. The molecule has 3 aliphatic rings. The lowest BCUT2D eigenvalue weighted by atomic mass is 9.62. The average Bonchev–Trinajstić information content (AvgIpc) is 3.42. The smallest absolute Gasteiger partial charge is 0.250 e. The molecule has 3 unspecified atom stereocenters. The molecule has 7 atom stereocenters. The summed E-state index contributed by atoms with van der Waals surface area (Å²) < 4.78 is 6.75. The van der Waals surface area contributed by atoms with Crippen molar-refractivity contribution < 1.29 is 24.2 Å². The molecule has 3 heterocycles. The summed E-state index contributed by atoms with van der Waals surface area (Å²) in [6.45, 7) is 7.68. The summed E-state index contributed by atoms with van der Waals surface area (Å²) in [4.78, 5) is 43.7. The number of carbonyl (C=O) groups is 3. The third-order valence-corrected chi connectivity index (χ3v) is 9.37. The Bertz CT molecular complexity index is 1270. The number of anilines is 1. The Labute approximate surface area is 234 Å². The second kappa shape index (κ2) is 10.2. The van der Waals surface area contributed by atoms with E-state index in [1.807, 2.05) is 58.0 Å². The van der Waals surface area contributed by atoms with Gasteiger partial charge in [0, 0.05) is 6.54 Å². The van der Waals surface area contributed by atoms with E-state index in [1.54, 1.807) is 24.3 Å². The number of likely N-dealkylation sites (tertiary alicyclic amines) is 1. The van der Waals surface area contributed by atoms with Crippen LogP contribution in [-0.4, -0.2) is 57.6 Å². The second-order valence-electron chi connectivity index (χ2n) is 11.6. The van der Waals surface area contributed by atoms with Gasteiger partial charge in [-0.25, -0.2) is 0 Å². The van der Waals surface area contributed by atoms with Gasteiger partial charge >= 0.3 is 0 Å². The molecular formula is C30H36ClN3O5. The van der Waals surface area contributed by atoms with Gasteiger partial charge in [0.25, 0.3) is 0 Å². The Balaban J connectivity index is 1.54. The molecule has 208 valence electrons. The molecule has 0 aromatic heterocycles. The number of hydrogen-bond donors (Lipinski definition) is 3. The van der Waals surface area contributed by atoms with Gasteiger partial charge in [0.05, 0.1) is 40.8 Å². The summed E-state index contributed by atoms with van der Waals surface area (Å²) in [5, 5.41) is 16.6. The Hall–Kier alpha value is -2.94. The van der Waals surface area contributed by atoms with Gasteiger partial charge in [0.15, 0.2) is 0 Å². The number of para-hydroxylation sites is 1. The number of fused-ring (bicyclic) bond motifs is 1. The van der Waals surface area contributed by atoms with E-state index >= 15 is 0 Å². The molecule has 9 heteroatoms. The highest BCUT2D eigenvalue weighted by atomic mass is 35.5. The minimum Gasteiger partial charge on any atom is -0.394 e. The van der Waals surface area contributed by atoms with Gasteiger partial charge in [-0.15, -0.1) is 0 Å². The van der Waals surface area contributed by atoms with Crippen LogP contribution in [0.2, 0.25) is 5.02 Å². The van der Waals surface area contributed by atoms with E-state index < -0.39 is 41.0 Å². The summed E-state index contributed by atoms with van der Waals surface area (Å²) in [5.74, 6) is -2.92. The topological polar surface area (TPSA) is 108 Å². The SMILES string of the molecule is CC(C)[C@H](CO)N1C(=O)[C@@H]2[C@@H](C(=O)NCc3ccccc3)[C@]3(C)OC2(CC3C)C1C(=O)Nc1ccccc1Cl. The minimum absolute atomic E-state index is 0.0868. The number of nitrogens with one attached hydrogen (secondary N) is 2. The van der Waals surface area contributed by atoms with Crippen LogP contribution in [0.1, 0.15) is 39.7 Å². The highest BCUT2D eigenvalue weighted by Crippen LogP contribution is 2.65. The van der Waals surface area contributed by atoms with E-state index in [9.17, 15) is 19.5 Å². The molecule has 3 fully saturated rings. The molecule has 3 amide bonds. The van der Waals surface area contributed by atoms with Crippen LogP contribution in [0.15, 0.2) is 54.6 Å². The normalized spacial score (nSPS) is 31.9. The number of rotatable bonds is 8. The van der Waals surface area contributed by atoms with E-state index in [1.165, 1.54) is 4.90 Å². The number of aliphatic hydroxyl groups is 1. The lowest BCUT2D eigenvalue weighted by molar-refractivity contribution is -0.150. The first-order valence-electron chi connectivity index (χ1n) is 13.6. The van der Waals surface area contributed by atoms with E-state index in [0.29, 0.717) is 23.7 Å². The van der Waals surface area contributed by atoms with Crippen molar-refractivity contribution in [2.75, 3.05) is 11.9 Å². The fourth-order valence-electron chi connectivity index (χ4n) is 7.01. The molecular weight excluding hydrogens is 518 g/mol. The zero-order valence-corrected chi connectivity index (χ0v) is 23.4. The molecule has 2 aromatic carbocycles. The Morgan fingerprint density at radius 2 is 1.79 bits per heavy atom. The summed E-state index contributed by atoms with van der Waals surface area (Å²) in [5.41, 5.74) is -0.777. The van der Waals surface area contributed by atoms with Gasteiger partial charge in [-0.05, 0) is 42.9 Å². The molecule has 3 aliphatic heterocycles. The lowest BCUT2D eigenvalue weighted by Gasteiger charge is -2.38. The van der Waals surface area contributed by atoms with Crippen molar-refractivity contribution in [1.29, 1.82) is 0 Å². The quantitative estimate of drug-likeness (QED) is 0.463. The monoisotopic (exact) mass is 553 g/mol. The fourth-order valence-corrected chi connectivity index (χ4v) is 7.20. The van der Waals surface area contributed by atoms with Crippen LogP contribution in [0.25, 0.3) is 0 Å². The average molecular weight is 554 g/mol. The van der Waals surface area contributed by atoms with E-state index in [0.717, 1.165) is 5.56 Å². The van der Waals surface area contributed by atoms with Crippen LogP contribution in [0.5, 0.6) is 0 Å². The van der Waals surface area contributed by atoms with Crippen molar-refractivity contribution in [3.8, 4) is 0 Å². The predicted octanol–water partition coefficient (Wildman–Crippen LogP) is 3.62. The van der Waals surface area contributed by atoms with Crippen LogP contribution in [-0.2, 0) is 25.7 Å². The predicted molar refractivity (Wildman–Crippen MR) is 148 cm³/mol. The third kappa shape index (κ3) is 4.33. The van der Waals surface area contributed by atoms with Crippen LogP contribution in [0, 0.1) is 23.7 Å². The molecule has 0 radical (unpaired) electrons. The summed E-state index contributed by atoms with van der Waals surface area (Å²) in [7, 11) is 0. The number of amides is 3. The van der Waals surface area contributed by atoms with Gasteiger partial charge < -0.3 is 25.4 Å². The van der Waals surface area contributed by atoms with Crippen LogP contribution in [0.3, 0.4) is 0 Å². The molecule has 39 heavy (non-hydrogen) atoms. The van der Waals surface area contributed by atoms with Crippen molar-refractivity contribution in [3.05, 3.63) is 65.2 Å². The Morgan fingerprint density at radius 3 is 2.44 bits per heavy atom. The maximum atomic E-state index is 14.3. The van der Waals surface area contributed by atoms with E-state index in [2.05, 4.69) is 10.6 Å². The number of ether oxygens (including phenoxy) is 1. The molecule has 3 saturated heterocycles. The molecule has 2 aromatic rings. The molecule has 8 nitrogen and oxygen atoms in total. The minimum atomic E-state index is -1.21. The van der Waals surface area contributed by atoms with Crippen molar-refractivity contribution in [2.45, 2.75) is 63.9 Å². The van der Waals surface area contributed by atoms with E-state index in [4.69, 9.17) is 16.3 Å². The summed E-state index contributed by atoms with van der Waals surface area (Å²) >= 11 is 6.34. The number of benzene rings is 2. The molecule has 1 spiro atoms. The van der Waals surface area contributed by atoms with Crippen molar-refractivity contribution in [3.63, 3.8) is 0 Å². The Kier molecular flexibility index (Phi) is 7.24. The molecule has 3 N–H and O–H groups in total. The number of halogens is 1. The van der Waals surface area contributed by atoms with Crippen molar-refractivity contribution >= 4 is 35.0 Å².